The maximum atomic E-state index is 12.4. The van der Waals surface area contributed by atoms with Crippen LogP contribution in [0.5, 0.6) is 0 Å². The van der Waals surface area contributed by atoms with E-state index in [2.05, 4.69) is 20.4 Å². The maximum absolute atomic E-state index is 12.4. The van der Waals surface area contributed by atoms with Crippen LogP contribution in [0.15, 0.2) is 59.3 Å². The van der Waals surface area contributed by atoms with Crippen LogP contribution in [0.2, 0.25) is 0 Å². The average molecular weight is 333 g/mol. The number of hydrogen-bond donors (Lipinski definition) is 1. The van der Waals surface area contributed by atoms with Crippen LogP contribution in [-0.2, 0) is 6.54 Å². The van der Waals surface area contributed by atoms with Gasteiger partial charge in [-0.2, -0.15) is 10.1 Å². The first-order valence-corrected chi connectivity index (χ1v) is 7.90. The first kappa shape index (κ1) is 15.1. The van der Waals surface area contributed by atoms with Crippen LogP contribution in [0.4, 0.5) is 5.69 Å². The number of benzene rings is 1. The van der Waals surface area contributed by atoms with Gasteiger partial charge >= 0.3 is 0 Å². The number of para-hydroxylation sites is 1. The molecule has 0 aliphatic heterocycles. The Balaban J connectivity index is 1.68. The molecule has 0 aliphatic rings. The number of carbonyl (C=O) groups is 1. The summed E-state index contributed by atoms with van der Waals surface area (Å²) in [7, 11) is 0. The van der Waals surface area contributed by atoms with Crippen molar-refractivity contribution in [1.29, 1.82) is 0 Å². The van der Waals surface area contributed by atoms with Gasteiger partial charge in [0.15, 0.2) is 16.9 Å². The molecule has 1 amide bonds. The van der Waals surface area contributed by atoms with E-state index in [1.54, 1.807) is 41.3 Å². The van der Waals surface area contributed by atoms with Gasteiger partial charge in [-0.25, -0.2) is 4.98 Å². The number of oxazole rings is 1. The van der Waals surface area contributed by atoms with E-state index in [1.165, 1.54) is 0 Å². The van der Waals surface area contributed by atoms with E-state index in [0.717, 1.165) is 0 Å². The normalized spacial score (nSPS) is 10.9. The van der Waals surface area contributed by atoms with Crippen LogP contribution in [0.1, 0.15) is 17.4 Å². The molecule has 0 fully saturated rings. The van der Waals surface area contributed by atoms with Gasteiger partial charge in [0, 0.05) is 18.9 Å². The lowest BCUT2D eigenvalue weighted by Crippen LogP contribution is -2.14. The lowest BCUT2D eigenvalue weighted by Gasteiger charge is -2.07. The van der Waals surface area contributed by atoms with Gasteiger partial charge in [-0.15, -0.1) is 0 Å². The molecular formula is C18H15N5O2. The van der Waals surface area contributed by atoms with Crippen LogP contribution in [-0.4, -0.2) is 25.7 Å². The zero-order valence-corrected chi connectivity index (χ0v) is 13.5. The second-order valence-corrected chi connectivity index (χ2v) is 5.40. The van der Waals surface area contributed by atoms with Gasteiger partial charge in [0.25, 0.3) is 5.91 Å². The fraction of sp³-hybridized carbons (Fsp3) is 0.111. The second-order valence-electron chi connectivity index (χ2n) is 5.40. The minimum Gasteiger partial charge on any atom is -0.434 e. The molecule has 4 rings (SSSR count). The average Bonchev–Trinajstić information content (AvgIpc) is 3.29. The molecule has 0 spiro atoms. The molecule has 3 aromatic heterocycles. The number of amides is 1. The van der Waals surface area contributed by atoms with Gasteiger partial charge in [-0.1, -0.05) is 12.1 Å². The van der Waals surface area contributed by atoms with Crippen molar-refractivity contribution in [3.63, 3.8) is 0 Å². The smallest absolute Gasteiger partial charge is 0.276 e. The molecule has 25 heavy (non-hydrogen) atoms. The van der Waals surface area contributed by atoms with E-state index in [4.69, 9.17) is 4.42 Å². The highest BCUT2D eigenvalue weighted by Gasteiger charge is 2.16. The van der Waals surface area contributed by atoms with E-state index in [9.17, 15) is 4.79 Å². The number of fused-ring (bicyclic) bond motifs is 1. The Morgan fingerprint density at radius 2 is 2.08 bits per heavy atom. The Labute approximate surface area is 143 Å². The lowest BCUT2D eigenvalue weighted by atomic mass is 10.1. The molecule has 7 nitrogen and oxygen atoms in total. The highest BCUT2D eigenvalue weighted by atomic mass is 16.3. The van der Waals surface area contributed by atoms with Gasteiger partial charge in [-0.05, 0) is 37.3 Å². The van der Waals surface area contributed by atoms with E-state index in [1.807, 2.05) is 25.1 Å². The second kappa shape index (κ2) is 6.20. The molecular weight excluding hydrogens is 318 g/mol. The maximum Gasteiger partial charge on any atom is 0.276 e. The Bertz CT molecular complexity index is 1020. The van der Waals surface area contributed by atoms with Gasteiger partial charge in [0.1, 0.15) is 0 Å². The van der Waals surface area contributed by atoms with E-state index >= 15 is 0 Å². The van der Waals surface area contributed by atoms with Crippen molar-refractivity contribution in [1.82, 2.24) is 19.7 Å². The first-order valence-electron chi connectivity index (χ1n) is 7.90. The molecule has 0 saturated heterocycles. The number of hydrogen-bond acceptors (Lipinski definition) is 5. The fourth-order valence-electron chi connectivity index (χ4n) is 2.51. The van der Waals surface area contributed by atoms with Crippen molar-refractivity contribution >= 4 is 22.8 Å². The summed E-state index contributed by atoms with van der Waals surface area (Å²) in [6, 6.07) is 12.6. The third-order valence-electron chi connectivity index (χ3n) is 3.77. The lowest BCUT2D eigenvalue weighted by molar-refractivity contribution is 0.102. The summed E-state index contributed by atoms with van der Waals surface area (Å²) in [6.45, 7) is 2.67. The van der Waals surface area contributed by atoms with Crippen LogP contribution in [0, 0.1) is 0 Å². The summed E-state index contributed by atoms with van der Waals surface area (Å²) >= 11 is 0. The number of aryl methyl sites for hydroxylation is 1. The van der Waals surface area contributed by atoms with Crippen molar-refractivity contribution in [3.8, 4) is 11.5 Å². The molecule has 0 aliphatic carbocycles. The number of pyridine rings is 1. The summed E-state index contributed by atoms with van der Waals surface area (Å²) in [5.41, 5.74) is 2.77. The summed E-state index contributed by atoms with van der Waals surface area (Å²) in [4.78, 5) is 21.0. The Morgan fingerprint density at radius 3 is 2.88 bits per heavy atom. The zero-order chi connectivity index (χ0) is 17.2. The van der Waals surface area contributed by atoms with Crippen molar-refractivity contribution in [2.24, 2.45) is 0 Å². The number of anilines is 1. The SMILES string of the molecule is CCn1ccc(C(=O)Nc2ccccc2-c2nc3ncccc3o2)n1. The molecule has 124 valence electrons. The molecule has 0 radical (unpaired) electrons. The quantitative estimate of drug-likeness (QED) is 0.619. The highest BCUT2D eigenvalue weighted by molar-refractivity contribution is 6.04. The molecule has 3 heterocycles. The molecule has 4 aromatic rings. The Morgan fingerprint density at radius 1 is 1.20 bits per heavy atom. The number of nitrogens with one attached hydrogen (secondary N) is 1. The topological polar surface area (TPSA) is 85.8 Å². The Kier molecular flexibility index (Phi) is 3.74. The summed E-state index contributed by atoms with van der Waals surface area (Å²) in [5.74, 6) is 0.123. The van der Waals surface area contributed by atoms with Gasteiger partial charge in [0.2, 0.25) is 5.89 Å². The molecule has 0 unspecified atom stereocenters. The molecule has 0 atom stereocenters. The molecule has 1 N–H and O–H groups in total. The van der Waals surface area contributed by atoms with Crippen LogP contribution in [0.3, 0.4) is 0 Å². The third-order valence-corrected chi connectivity index (χ3v) is 3.77. The van der Waals surface area contributed by atoms with Gasteiger partial charge in [0.05, 0.1) is 11.3 Å². The number of aromatic nitrogens is 4. The number of rotatable bonds is 4. The summed E-state index contributed by atoms with van der Waals surface area (Å²) in [6.07, 6.45) is 3.43. The zero-order valence-electron chi connectivity index (χ0n) is 13.5. The standard InChI is InChI=1S/C18H15N5O2/c1-2-23-11-9-14(22-23)17(24)20-13-7-4-3-6-12(13)18-21-16-15(25-18)8-5-10-19-16/h3-11H,2H2,1H3,(H,20,24). The molecule has 0 bridgehead atoms. The summed E-state index contributed by atoms with van der Waals surface area (Å²) < 4.78 is 7.46. The van der Waals surface area contributed by atoms with Crippen molar-refractivity contribution in [3.05, 3.63) is 60.6 Å². The van der Waals surface area contributed by atoms with Crippen molar-refractivity contribution in [2.45, 2.75) is 13.5 Å². The molecule has 7 heteroatoms. The van der Waals surface area contributed by atoms with E-state index in [-0.39, 0.29) is 5.91 Å². The fourth-order valence-corrected chi connectivity index (χ4v) is 2.51. The van der Waals surface area contributed by atoms with Crippen LogP contribution >= 0.6 is 0 Å². The Hall–Kier alpha value is -3.48. The minimum absolute atomic E-state index is 0.283. The number of nitrogens with zero attached hydrogens (tertiary/aromatic N) is 4. The van der Waals surface area contributed by atoms with Crippen molar-refractivity contribution in [2.75, 3.05) is 5.32 Å². The summed E-state index contributed by atoms with van der Waals surface area (Å²) in [5, 5.41) is 7.09. The third kappa shape index (κ3) is 2.87. The number of carbonyl (C=O) groups excluding carboxylic acids is 1. The molecule has 1 aromatic carbocycles. The van der Waals surface area contributed by atoms with Gasteiger partial charge in [-0.3, -0.25) is 9.48 Å². The predicted molar refractivity (Wildman–Crippen MR) is 93.1 cm³/mol. The largest absolute Gasteiger partial charge is 0.434 e. The highest BCUT2D eigenvalue weighted by Crippen LogP contribution is 2.29. The minimum atomic E-state index is -0.283. The van der Waals surface area contributed by atoms with Crippen LogP contribution in [0.25, 0.3) is 22.7 Å². The van der Waals surface area contributed by atoms with Crippen molar-refractivity contribution < 1.29 is 9.21 Å². The molecule has 0 saturated carbocycles. The predicted octanol–water partition coefficient (Wildman–Crippen LogP) is 3.36. The van der Waals surface area contributed by atoms with E-state index in [0.29, 0.717) is 40.6 Å². The van der Waals surface area contributed by atoms with Crippen LogP contribution < -0.4 is 5.32 Å². The monoisotopic (exact) mass is 333 g/mol. The van der Waals surface area contributed by atoms with Gasteiger partial charge < -0.3 is 9.73 Å². The first-order chi connectivity index (χ1) is 12.2. The van der Waals surface area contributed by atoms with E-state index < -0.39 is 0 Å².